The molecule has 3 nitrogen and oxygen atoms in total. The van der Waals surface area contributed by atoms with E-state index in [0.29, 0.717) is 12.0 Å². The van der Waals surface area contributed by atoms with Crippen molar-refractivity contribution in [2.75, 3.05) is 0 Å². The summed E-state index contributed by atoms with van der Waals surface area (Å²) in [5, 5.41) is 9.90. The molecule has 0 aliphatic heterocycles. The highest BCUT2D eigenvalue weighted by molar-refractivity contribution is 14.1. The van der Waals surface area contributed by atoms with Crippen LogP contribution < -0.4 is 0 Å². The zero-order chi connectivity index (χ0) is 11.0. The third-order valence-corrected chi connectivity index (χ3v) is 3.17. The highest BCUT2D eigenvalue weighted by Gasteiger charge is 2.19. The quantitative estimate of drug-likeness (QED) is 0.865. The van der Waals surface area contributed by atoms with Crippen molar-refractivity contribution in [3.8, 4) is 0 Å². The van der Waals surface area contributed by atoms with Gasteiger partial charge in [-0.1, -0.05) is 19.1 Å². The van der Waals surface area contributed by atoms with Crippen LogP contribution in [0.4, 0.5) is 0 Å². The summed E-state index contributed by atoms with van der Waals surface area (Å²) in [6.07, 6.45) is 0.661. The van der Waals surface area contributed by atoms with Crippen molar-refractivity contribution in [1.82, 2.24) is 0 Å². The van der Waals surface area contributed by atoms with Gasteiger partial charge in [-0.25, -0.2) is 4.79 Å². The SMILES string of the molecule is CCc1c(C(=O)O)oc2c(I)cccc12. The maximum Gasteiger partial charge on any atom is 0.372 e. The zero-order valence-corrected chi connectivity index (χ0v) is 10.2. The van der Waals surface area contributed by atoms with E-state index in [2.05, 4.69) is 22.6 Å². The normalized spacial score (nSPS) is 10.8. The van der Waals surface area contributed by atoms with Gasteiger partial charge in [-0.2, -0.15) is 0 Å². The number of carboxylic acid groups (broad SMARTS) is 1. The largest absolute Gasteiger partial charge is 0.475 e. The molecule has 0 aliphatic rings. The summed E-state index contributed by atoms with van der Waals surface area (Å²) < 4.78 is 6.31. The van der Waals surface area contributed by atoms with Crippen LogP contribution in [-0.4, -0.2) is 11.1 Å². The smallest absolute Gasteiger partial charge is 0.372 e. The molecule has 1 heterocycles. The second-order valence-corrected chi connectivity index (χ2v) is 4.35. The number of carbonyl (C=O) groups is 1. The van der Waals surface area contributed by atoms with Gasteiger partial charge in [0.05, 0.1) is 3.57 Å². The number of para-hydroxylation sites is 1. The molecule has 0 amide bonds. The van der Waals surface area contributed by atoms with Crippen LogP contribution in [0.2, 0.25) is 0 Å². The first-order valence-corrected chi connectivity index (χ1v) is 5.66. The minimum absolute atomic E-state index is 0.0663. The fourth-order valence-corrected chi connectivity index (χ4v) is 2.27. The first kappa shape index (κ1) is 10.5. The number of benzene rings is 1. The number of furan rings is 1. The van der Waals surface area contributed by atoms with E-state index < -0.39 is 5.97 Å². The van der Waals surface area contributed by atoms with Crippen LogP contribution >= 0.6 is 22.6 Å². The topological polar surface area (TPSA) is 50.4 Å². The van der Waals surface area contributed by atoms with Gasteiger partial charge in [0.2, 0.25) is 5.76 Å². The van der Waals surface area contributed by atoms with Crippen LogP contribution in [0.3, 0.4) is 0 Å². The van der Waals surface area contributed by atoms with Gasteiger partial charge in [0, 0.05) is 10.9 Å². The molecule has 0 radical (unpaired) electrons. The summed E-state index contributed by atoms with van der Waals surface area (Å²) in [5.41, 5.74) is 1.45. The number of aryl methyl sites for hydroxylation is 1. The second-order valence-electron chi connectivity index (χ2n) is 3.18. The lowest BCUT2D eigenvalue weighted by atomic mass is 10.1. The maximum absolute atomic E-state index is 11.0. The molecular weight excluding hydrogens is 307 g/mol. The minimum Gasteiger partial charge on any atom is -0.475 e. The first-order valence-electron chi connectivity index (χ1n) is 4.58. The molecule has 2 aromatic rings. The summed E-state index contributed by atoms with van der Waals surface area (Å²) in [5.74, 6) is -0.935. The van der Waals surface area contributed by atoms with E-state index in [1.165, 1.54) is 0 Å². The number of aromatic carboxylic acids is 1. The summed E-state index contributed by atoms with van der Waals surface area (Å²) in [6.45, 7) is 1.93. The molecule has 0 atom stereocenters. The Morgan fingerprint density at radius 3 is 2.87 bits per heavy atom. The molecule has 4 heteroatoms. The van der Waals surface area contributed by atoms with Gasteiger partial charge < -0.3 is 9.52 Å². The Balaban J connectivity index is 2.84. The lowest BCUT2D eigenvalue weighted by molar-refractivity contribution is 0.0663. The van der Waals surface area contributed by atoms with Crippen molar-refractivity contribution in [1.29, 1.82) is 0 Å². The summed E-state index contributed by atoms with van der Waals surface area (Å²) in [6, 6.07) is 5.70. The van der Waals surface area contributed by atoms with Crippen molar-refractivity contribution in [3.05, 3.63) is 33.1 Å². The van der Waals surface area contributed by atoms with Crippen molar-refractivity contribution < 1.29 is 14.3 Å². The molecule has 0 saturated heterocycles. The predicted octanol–water partition coefficient (Wildman–Crippen LogP) is 3.30. The average molecular weight is 316 g/mol. The number of fused-ring (bicyclic) bond motifs is 1. The molecule has 2 rings (SSSR count). The number of halogens is 1. The summed E-state index contributed by atoms with van der Waals surface area (Å²) in [7, 11) is 0. The van der Waals surface area contributed by atoms with Gasteiger partial charge in [-0.15, -0.1) is 0 Å². The standard InChI is InChI=1S/C11H9IO3/c1-2-6-7-4-3-5-8(12)9(7)15-10(6)11(13)14/h3-5H,2H2,1H3,(H,13,14). The Morgan fingerprint density at radius 2 is 2.27 bits per heavy atom. The van der Waals surface area contributed by atoms with Gasteiger partial charge in [0.1, 0.15) is 5.58 Å². The second kappa shape index (κ2) is 3.84. The highest BCUT2D eigenvalue weighted by Crippen LogP contribution is 2.29. The van der Waals surface area contributed by atoms with E-state index in [-0.39, 0.29) is 5.76 Å². The molecule has 0 unspecified atom stereocenters. The zero-order valence-electron chi connectivity index (χ0n) is 8.08. The number of hydrogen-bond donors (Lipinski definition) is 1. The van der Waals surface area contributed by atoms with Crippen molar-refractivity contribution in [3.63, 3.8) is 0 Å². The summed E-state index contributed by atoms with van der Waals surface area (Å²) >= 11 is 2.14. The number of hydrogen-bond acceptors (Lipinski definition) is 2. The third kappa shape index (κ3) is 1.62. The minimum atomic E-state index is -1.00. The Hall–Kier alpha value is -1.04. The van der Waals surface area contributed by atoms with E-state index in [1.807, 2.05) is 25.1 Å². The Kier molecular flexibility index (Phi) is 2.68. The Labute approximate surface area is 100 Å². The predicted molar refractivity (Wildman–Crippen MR) is 65.3 cm³/mol. The molecule has 1 N–H and O–H groups in total. The molecule has 0 saturated carbocycles. The van der Waals surface area contributed by atoms with Crippen LogP contribution in [0.5, 0.6) is 0 Å². The number of carboxylic acids is 1. The Morgan fingerprint density at radius 1 is 1.53 bits per heavy atom. The van der Waals surface area contributed by atoms with Gasteiger partial charge in [-0.3, -0.25) is 0 Å². The van der Waals surface area contributed by atoms with E-state index in [0.717, 1.165) is 14.5 Å². The fourth-order valence-electron chi connectivity index (χ4n) is 1.66. The molecule has 0 bridgehead atoms. The highest BCUT2D eigenvalue weighted by atomic mass is 127. The first-order chi connectivity index (χ1) is 7.15. The molecule has 0 aliphatic carbocycles. The van der Waals surface area contributed by atoms with Gasteiger partial charge in [0.15, 0.2) is 0 Å². The van der Waals surface area contributed by atoms with Gasteiger partial charge in [0.25, 0.3) is 0 Å². The number of rotatable bonds is 2. The monoisotopic (exact) mass is 316 g/mol. The van der Waals surface area contributed by atoms with Gasteiger partial charge >= 0.3 is 5.97 Å². The van der Waals surface area contributed by atoms with Crippen LogP contribution in [-0.2, 0) is 6.42 Å². The van der Waals surface area contributed by atoms with E-state index in [1.54, 1.807) is 0 Å². The fraction of sp³-hybridized carbons (Fsp3) is 0.182. The van der Waals surface area contributed by atoms with Crippen molar-refractivity contribution in [2.45, 2.75) is 13.3 Å². The third-order valence-electron chi connectivity index (χ3n) is 2.32. The van der Waals surface area contributed by atoms with Gasteiger partial charge in [-0.05, 0) is 35.1 Å². The average Bonchev–Trinajstić information content (AvgIpc) is 2.57. The molecule has 0 fully saturated rings. The van der Waals surface area contributed by atoms with Crippen LogP contribution in [0.25, 0.3) is 11.0 Å². The van der Waals surface area contributed by atoms with Crippen molar-refractivity contribution in [2.24, 2.45) is 0 Å². The Bertz CT molecular complexity index is 528. The van der Waals surface area contributed by atoms with E-state index in [9.17, 15) is 4.79 Å². The lowest BCUT2D eigenvalue weighted by Crippen LogP contribution is -1.97. The van der Waals surface area contributed by atoms with Crippen LogP contribution in [0.15, 0.2) is 22.6 Å². The molecule has 1 aromatic carbocycles. The molecule has 1 aromatic heterocycles. The van der Waals surface area contributed by atoms with Crippen LogP contribution in [0.1, 0.15) is 23.0 Å². The van der Waals surface area contributed by atoms with E-state index in [4.69, 9.17) is 9.52 Å². The van der Waals surface area contributed by atoms with Crippen LogP contribution in [0, 0.1) is 3.57 Å². The molecule has 0 spiro atoms. The molecular formula is C11H9IO3. The lowest BCUT2D eigenvalue weighted by Gasteiger charge is -1.93. The summed E-state index contributed by atoms with van der Waals surface area (Å²) in [4.78, 5) is 11.0. The molecule has 78 valence electrons. The maximum atomic E-state index is 11.0. The van der Waals surface area contributed by atoms with E-state index >= 15 is 0 Å². The van der Waals surface area contributed by atoms with Crippen molar-refractivity contribution >= 4 is 39.5 Å². The molecule has 15 heavy (non-hydrogen) atoms.